The van der Waals surface area contributed by atoms with Crippen LogP contribution in [0.3, 0.4) is 0 Å². The van der Waals surface area contributed by atoms with Gasteiger partial charge in [0.25, 0.3) is 0 Å². The predicted molar refractivity (Wildman–Crippen MR) is 120 cm³/mol. The molecule has 0 aromatic heterocycles. The molecule has 1 unspecified atom stereocenters. The van der Waals surface area contributed by atoms with Gasteiger partial charge >= 0.3 is 0 Å². The lowest BCUT2D eigenvalue weighted by atomic mass is 9.71. The van der Waals surface area contributed by atoms with E-state index in [-0.39, 0.29) is 11.3 Å². The first-order valence-corrected chi connectivity index (χ1v) is 11.2. The molecule has 0 bridgehead atoms. The van der Waals surface area contributed by atoms with Crippen molar-refractivity contribution in [3.05, 3.63) is 60.7 Å². The standard InChI is InChI=1S/C25H31N3O2/c29-24(20-11-13-30-14-12-20)27-16-21(15-26-22-7-3-1-4-8-22)25(17-27)18-28(19-25)23-9-5-2-6-10-23/h1-10,20-21,26H,11-19H2. The number of benzene rings is 2. The minimum atomic E-state index is 0.141. The first-order chi connectivity index (χ1) is 14.7. The summed E-state index contributed by atoms with van der Waals surface area (Å²) >= 11 is 0. The summed E-state index contributed by atoms with van der Waals surface area (Å²) in [6, 6.07) is 21.0. The Bertz CT molecular complexity index is 845. The van der Waals surface area contributed by atoms with Crippen LogP contribution in [0.5, 0.6) is 0 Å². The van der Waals surface area contributed by atoms with E-state index in [9.17, 15) is 4.79 Å². The average Bonchev–Trinajstić information content (AvgIpc) is 3.18. The molecule has 1 N–H and O–H groups in total. The zero-order valence-electron chi connectivity index (χ0n) is 17.5. The van der Waals surface area contributed by atoms with E-state index in [1.54, 1.807) is 0 Å². The molecule has 2 aromatic rings. The Morgan fingerprint density at radius 2 is 1.63 bits per heavy atom. The first-order valence-electron chi connectivity index (χ1n) is 11.2. The monoisotopic (exact) mass is 405 g/mol. The van der Waals surface area contributed by atoms with Gasteiger partial charge in [0.2, 0.25) is 5.91 Å². The maximum absolute atomic E-state index is 13.2. The number of likely N-dealkylation sites (tertiary alicyclic amines) is 1. The van der Waals surface area contributed by atoms with Gasteiger partial charge in [0.1, 0.15) is 0 Å². The fraction of sp³-hybridized carbons (Fsp3) is 0.480. The molecule has 3 fully saturated rings. The highest BCUT2D eigenvalue weighted by atomic mass is 16.5. The van der Waals surface area contributed by atoms with Crippen molar-refractivity contribution < 1.29 is 9.53 Å². The largest absolute Gasteiger partial charge is 0.385 e. The Kier molecular flexibility index (Phi) is 5.38. The van der Waals surface area contributed by atoms with Crippen LogP contribution in [-0.4, -0.2) is 56.7 Å². The van der Waals surface area contributed by atoms with E-state index < -0.39 is 0 Å². The number of nitrogens with one attached hydrogen (secondary N) is 1. The highest BCUT2D eigenvalue weighted by Crippen LogP contribution is 2.46. The van der Waals surface area contributed by atoms with E-state index >= 15 is 0 Å². The lowest BCUT2D eigenvalue weighted by molar-refractivity contribution is -0.138. The van der Waals surface area contributed by atoms with Crippen LogP contribution in [0.4, 0.5) is 11.4 Å². The Balaban J connectivity index is 1.29. The minimum absolute atomic E-state index is 0.141. The van der Waals surface area contributed by atoms with E-state index in [1.807, 2.05) is 6.07 Å². The summed E-state index contributed by atoms with van der Waals surface area (Å²) in [4.78, 5) is 17.9. The Morgan fingerprint density at radius 1 is 0.967 bits per heavy atom. The Labute approximate surface area is 179 Å². The molecule has 3 aliphatic heterocycles. The zero-order chi connectivity index (χ0) is 20.4. The number of carbonyl (C=O) groups excluding carboxylic acids is 1. The van der Waals surface area contributed by atoms with Crippen LogP contribution in [0.25, 0.3) is 0 Å². The van der Waals surface area contributed by atoms with Crippen molar-refractivity contribution in [1.29, 1.82) is 0 Å². The van der Waals surface area contributed by atoms with Gasteiger partial charge in [-0.3, -0.25) is 4.79 Å². The van der Waals surface area contributed by atoms with Gasteiger partial charge in [-0.25, -0.2) is 0 Å². The molecule has 5 rings (SSSR count). The second-order valence-corrected chi connectivity index (χ2v) is 9.10. The number of para-hydroxylation sites is 2. The summed E-state index contributed by atoms with van der Waals surface area (Å²) < 4.78 is 5.47. The van der Waals surface area contributed by atoms with Crippen LogP contribution in [0.1, 0.15) is 12.8 Å². The summed E-state index contributed by atoms with van der Waals surface area (Å²) in [5.41, 5.74) is 2.62. The Hall–Kier alpha value is -2.53. The van der Waals surface area contributed by atoms with Gasteiger partial charge < -0.3 is 19.9 Å². The first kappa shape index (κ1) is 19.4. The number of ether oxygens (including phenoxy) is 1. The van der Waals surface area contributed by atoms with Crippen LogP contribution in [0.15, 0.2) is 60.7 Å². The third-order valence-corrected chi connectivity index (χ3v) is 7.15. The molecule has 3 aliphatic rings. The second kappa shape index (κ2) is 8.31. The summed E-state index contributed by atoms with van der Waals surface area (Å²) in [6.07, 6.45) is 1.73. The average molecular weight is 406 g/mol. The third kappa shape index (κ3) is 3.79. The summed E-state index contributed by atoms with van der Waals surface area (Å²) in [5.74, 6) is 0.946. The maximum atomic E-state index is 13.2. The van der Waals surface area contributed by atoms with E-state index in [4.69, 9.17) is 4.74 Å². The Morgan fingerprint density at radius 3 is 2.33 bits per heavy atom. The fourth-order valence-electron chi connectivity index (χ4n) is 5.38. The van der Waals surface area contributed by atoms with E-state index in [0.29, 0.717) is 11.8 Å². The van der Waals surface area contributed by atoms with E-state index in [2.05, 4.69) is 69.7 Å². The van der Waals surface area contributed by atoms with Crippen molar-refractivity contribution in [1.82, 2.24) is 4.90 Å². The van der Waals surface area contributed by atoms with Crippen molar-refractivity contribution in [3.63, 3.8) is 0 Å². The molecule has 0 saturated carbocycles. The summed E-state index contributed by atoms with van der Waals surface area (Å²) in [5, 5.41) is 3.63. The van der Waals surface area contributed by atoms with Gasteiger partial charge in [0, 0.05) is 74.6 Å². The van der Waals surface area contributed by atoms with Crippen molar-refractivity contribution in [3.8, 4) is 0 Å². The molecular formula is C25H31N3O2. The van der Waals surface area contributed by atoms with Gasteiger partial charge in [-0.15, -0.1) is 0 Å². The van der Waals surface area contributed by atoms with E-state index in [0.717, 1.165) is 64.5 Å². The van der Waals surface area contributed by atoms with Crippen molar-refractivity contribution in [2.24, 2.45) is 17.3 Å². The van der Waals surface area contributed by atoms with Crippen molar-refractivity contribution >= 4 is 17.3 Å². The molecular weight excluding hydrogens is 374 g/mol. The number of carbonyl (C=O) groups is 1. The van der Waals surface area contributed by atoms with Crippen LogP contribution >= 0.6 is 0 Å². The normalized spacial score (nSPS) is 23.4. The van der Waals surface area contributed by atoms with Crippen molar-refractivity contribution in [2.75, 3.05) is 56.2 Å². The highest BCUT2D eigenvalue weighted by Gasteiger charge is 2.55. The lowest BCUT2D eigenvalue weighted by Gasteiger charge is -2.52. The van der Waals surface area contributed by atoms with Crippen molar-refractivity contribution in [2.45, 2.75) is 12.8 Å². The lowest BCUT2D eigenvalue weighted by Crippen LogP contribution is -2.61. The van der Waals surface area contributed by atoms with Gasteiger partial charge in [-0.2, -0.15) is 0 Å². The van der Waals surface area contributed by atoms with Gasteiger partial charge in [0.05, 0.1) is 0 Å². The van der Waals surface area contributed by atoms with Crippen LogP contribution in [0.2, 0.25) is 0 Å². The molecule has 5 nitrogen and oxygen atoms in total. The molecule has 0 aliphatic carbocycles. The highest BCUT2D eigenvalue weighted by molar-refractivity contribution is 5.79. The van der Waals surface area contributed by atoms with Gasteiger partial charge in [-0.05, 0) is 37.1 Å². The van der Waals surface area contributed by atoms with Gasteiger partial charge in [0.15, 0.2) is 0 Å². The topological polar surface area (TPSA) is 44.8 Å². The number of anilines is 2. The SMILES string of the molecule is O=C(C1CCOCC1)N1CC(CNc2ccccc2)C2(C1)CN(c1ccccc1)C2. The molecule has 5 heteroatoms. The van der Waals surface area contributed by atoms with E-state index in [1.165, 1.54) is 5.69 Å². The summed E-state index contributed by atoms with van der Waals surface area (Å²) in [7, 11) is 0. The number of amides is 1. The quantitative estimate of drug-likeness (QED) is 0.827. The number of hydrogen-bond donors (Lipinski definition) is 1. The third-order valence-electron chi connectivity index (χ3n) is 7.15. The minimum Gasteiger partial charge on any atom is -0.385 e. The fourth-order valence-corrected chi connectivity index (χ4v) is 5.38. The zero-order valence-corrected chi connectivity index (χ0v) is 17.5. The number of hydrogen-bond acceptors (Lipinski definition) is 4. The van der Waals surface area contributed by atoms with Crippen LogP contribution in [0, 0.1) is 17.3 Å². The number of nitrogens with zero attached hydrogens (tertiary/aromatic N) is 2. The molecule has 2 aromatic carbocycles. The smallest absolute Gasteiger partial charge is 0.225 e. The predicted octanol–water partition coefficient (Wildman–Crippen LogP) is 3.49. The second-order valence-electron chi connectivity index (χ2n) is 9.10. The summed E-state index contributed by atoms with van der Waals surface area (Å²) in [6.45, 7) is 6.13. The van der Waals surface area contributed by atoms with Crippen LogP contribution < -0.4 is 10.2 Å². The van der Waals surface area contributed by atoms with Gasteiger partial charge in [-0.1, -0.05) is 36.4 Å². The molecule has 1 amide bonds. The molecule has 0 radical (unpaired) electrons. The van der Waals surface area contributed by atoms with Crippen LogP contribution in [-0.2, 0) is 9.53 Å². The maximum Gasteiger partial charge on any atom is 0.225 e. The molecule has 1 spiro atoms. The molecule has 1 atom stereocenters. The molecule has 30 heavy (non-hydrogen) atoms. The number of rotatable bonds is 5. The molecule has 158 valence electrons. The molecule has 3 saturated heterocycles. The molecule has 3 heterocycles.